The first-order valence-electron chi connectivity index (χ1n) is 12.2. The Morgan fingerprint density at radius 1 is 1.05 bits per heavy atom. The number of benzene rings is 2. The van der Waals surface area contributed by atoms with Gasteiger partial charge >= 0.3 is 12.1 Å². The van der Waals surface area contributed by atoms with Gasteiger partial charge in [0.15, 0.2) is 0 Å². The number of carbonyl (C=O) groups is 2. The molecule has 4 rings (SSSR count). The van der Waals surface area contributed by atoms with Gasteiger partial charge in [0, 0.05) is 37.9 Å². The average molecular weight is 533 g/mol. The highest BCUT2D eigenvalue weighted by molar-refractivity contribution is 6.00. The Bertz CT molecular complexity index is 1190. The lowest BCUT2D eigenvalue weighted by molar-refractivity contribution is -0.192. The number of aromatic nitrogens is 2. The molecule has 204 valence electrons. The number of amides is 1. The van der Waals surface area contributed by atoms with Gasteiger partial charge in [0.2, 0.25) is 0 Å². The fourth-order valence-corrected chi connectivity index (χ4v) is 3.74. The van der Waals surface area contributed by atoms with Crippen molar-refractivity contribution in [2.75, 3.05) is 39.4 Å². The minimum absolute atomic E-state index is 0.0987. The molecule has 11 heteroatoms. The number of aliphatic carboxylic acids is 1. The first-order chi connectivity index (χ1) is 18.1. The van der Waals surface area contributed by atoms with Crippen molar-refractivity contribution in [2.45, 2.75) is 25.9 Å². The van der Waals surface area contributed by atoms with Crippen molar-refractivity contribution in [2.24, 2.45) is 0 Å². The van der Waals surface area contributed by atoms with Gasteiger partial charge in [0.25, 0.3) is 5.91 Å². The Kier molecular flexibility index (Phi) is 10.0. The molecular formula is C27H31F3N4O4. The van der Waals surface area contributed by atoms with Crippen LogP contribution in [0.2, 0.25) is 0 Å². The number of morpholine rings is 1. The molecule has 0 aliphatic carbocycles. The molecule has 1 aromatic heterocycles. The zero-order valence-corrected chi connectivity index (χ0v) is 21.2. The maximum Gasteiger partial charge on any atom is 0.490 e. The molecule has 0 unspecified atom stereocenters. The zero-order valence-electron chi connectivity index (χ0n) is 21.2. The summed E-state index contributed by atoms with van der Waals surface area (Å²) < 4.78 is 38.9. The number of rotatable bonds is 7. The lowest BCUT2D eigenvalue weighted by Gasteiger charge is -2.26. The highest BCUT2D eigenvalue weighted by Crippen LogP contribution is 2.26. The lowest BCUT2D eigenvalue weighted by atomic mass is 10.00. The fourth-order valence-electron chi connectivity index (χ4n) is 3.74. The van der Waals surface area contributed by atoms with Crippen LogP contribution in [0.25, 0.3) is 16.9 Å². The van der Waals surface area contributed by atoms with Crippen molar-refractivity contribution in [3.05, 3.63) is 71.9 Å². The maximum absolute atomic E-state index is 13.1. The predicted molar refractivity (Wildman–Crippen MR) is 136 cm³/mol. The average Bonchev–Trinajstić information content (AvgIpc) is 3.35. The molecule has 1 saturated heterocycles. The van der Waals surface area contributed by atoms with Crippen LogP contribution in [0, 0.1) is 0 Å². The molecule has 0 bridgehead atoms. The van der Waals surface area contributed by atoms with Gasteiger partial charge in [-0.25, -0.2) is 9.48 Å². The monoisotopic (exact) mass is 532 g/mol. The summed E-state index contributed by atoms with van der Waals surface area (Å²) in [6, 6.07) is 18.2. The Balaban J connectivity index is 0.000000505. The number of para-hydroxylation sites is 1. The van der Waals surface area contributed by atoms with E-state index in [2.05, 4.69) is 48.3 Å². The summed E-state index contributed by atoms with van der Waals surface area (Å²) in [6.45, 7) is 9.10. The zero-order chi connectivity index (χ0) is 27.7. The summed E-state index contributed by atoms with van der Waals surface area (Å²) in [7, 11) is 0. The number of hydrogen-bond donors (Lipinski definition) is 2. The number of halogens is 3. The third-order valence-corrected chi connectivity index (χ3v) is 5.89. The number of hydrogen-bond acceptors (Lipinski definition) is 5. The molecule has 0 atom stereocenters. The van der Waals surface area contributed by atoms with E-state index in [9.17, 15) is 18.0 Å². The van der Waals surface area contributed by atoms with Gasteiger partial charge < -0.3 is 15.2 Å². The van der Waals surface area contributed by atoms with E-state index in [1.54, 1.807) is 4.68 Å². The molecule has 1 aliphatic rings. The SMILES string of the molecule is CC(C)c1ccc(-c2nn(-c3ccccc3)cc2C(=O)NCCN2CCOCC2)cc1.O=C(O)C(F)(F)F. The molecular weight excluding hydrogens is 501 g/mol. The van der Waals surface area contributed by atoms with Crippen LogP contribution in [0.4, 0.5) is 13.2 Å². The minimum Gasteiger partial charge on any atom is -0.475 e. The first-order valence-corrected chi connectivity index (χ1v) is 12.2. The van der Waals surface area contributed by atoms with Crippen molar-refractivity contribution in [1.82, 2.24) is 20.0 Å². The second-order valence-electron chi connectivity index (χ2n) is 8.96. The molecule has 1 aliphatic heterocycles. The van der Waals surface area contributed by atoms with Gasteiger partial charge in [0.05, 0.1) is 24.5 Å². The van der Waals surface area contributed by atoms with Crippen molar-refractivity contribution in [1.29, 1.82) is 0 Å². The lowest BCUT2D eigenvalue weighted by Crippen LogP contribution is -2.41. The van der Waals surface area contributed by atoms with Crippen molar-refractivity contribution < 1.29 is 32.6 Å². The predicted octanol–water partition coefficient (Wildman–Crippen LogP) is 4.36. The number of nitrogens with one attached hydrogen (secondary N) is 1. The van der Waals surface area contributed by atoms with Gasteiger partial charge in [-0.3, -0.25) is 9.69 Å². The highest BCUT2D eigenvalue weighted by Gasteiger charge is 2.38. The largest absolute Gasteiger partial charge is 0.490 e. The van der Waals surface area contributed by atoms with E-state index in [1.165, 1.54) is 5.56 Å². The molecule has 2 aromatic carbocycles. The fraction of sp³-hybridized carbons (Fsp3) is 0.370. The van der Waals surface area contributed by atoms with Crippen LogP contribution in [0.1, 0.15) is 35.7 Å². The van der Waals surface area contributed by atoms with E-state index in [4.69, 9.17) is 19.7 Å². The normalized spacial score (nSPS) is 14.1. The minimum atomic E-state index is -5.08. The Hall–Kier alpha value is -3.70. The Labute approximate surface area is 219 Å². The standard InChI is InChI=1S/C25H30N4O2.C2HF3O2/c1-19(2)20-8-10-21(11-9-20)24-23(18-29(27-24)22-6-4-3-5-7-22)25(30)26-12-13-28-14-16-31-17-15-28;3-2(4,5)1(6)7/h3-11,18-19H,12-17H2,1-2H3,(H,26,30);(H,6,7). The molecule has 2 heterocycles. The van der Waals surface area contributed by atoms with Crippen molar-refractivity contribution >= 4 is 11.9 Å². The van der Waals surface area contributed by atoms with Crippen molar-refractivity contribution in [3.63, 3.8) is 0 Å². The van der Waals surface area contributed by atoms with E-state index in [-0.39, 0.29) is 5.91 Å². The van der Waals surface area contributed by atoms with Crippen LogP contribution >= 0.6 is 0 Å². The number of carboxylic acid groups (broad SMARTS) is 1. The van der Waals surface area contributed by atoms with E-state index >= 15 is 0 Å². The van der Waals surface area contributed by atoms with Crippen LogP contribution < -0.4 is 5.32 Å². The number of nitrogens with zero attached hydrogens (tertiary/aromatic N) is 3. The van der Waals surface area contributed by atoms with E-state index < -0.39 is 12.1 Å². The third kappa shape index (κ3) is 8.15. The number of ether oxygens (including phenoxy) is 1. The van der Waals surface area contributed by atoms with E-state index in [0.29, 0.717) is 23.7 Å². The smallest absolute Gasteiger partial charge is 0.475 e. The molecule has 0 spiro atoms. The molecule has 2 N–H and O–H groups in total. The topological polar surface area (TPSA) is 96.7 Å². The molecule has 0 radical (unpaired) electrons. The van der Waals surface area contributed by atoms with E-state index in [1.807, 2.05) is 36.5 Å². The van der Waals surface area contributed by atoms with E-state index in [0.717, 1.165) is 44.1 Å². The summed E-state index contributed by atoms with van der Waals surface area (Å²) >= 11 is 0. The molecule has 3 aromatic rings. The number of carbonyl (C=O) groups excluding carboxylic acids is 1. The van der Waals surface area contributed by atoms with Crippen LogP contribution in [-0.4, -0.2) is 77.2 Å². The summed E-state index contributed by atoms with van der Waals surface area (Å²) in [5.74, 6) is -2.40. The third-order valence-electron chi connectivity index (χ3n) is 5.89. The molecule has 38 heavy (non-hydrogen) atoms. The van der Waals surface area contributed by atoms with Crippen LogP contribution in [-0.2, 0) is 9.53 Å². The van der Waals surface area contributed by atoms with Gasteiger partial charge in [-0.1, -0.05) is 56.3 Å². The second kappa shape index (κ2) is 13.2. The van der Waals surface area contributed by atoms with Gasteiger partial charge in [0.1, 0.15) is 5.69 Å². The molecule has 1 fully saturated rings. The molecule has 1 amide bonds. The summed E-state index contributed by atoms with van der Waals surface area (Å²) in [5.41, 5.74) is 4.42. The quantitative estimate of drug-likeness (QED) is 0.470. The summed E-state index contributed by atoms with van der Waals surface area (Å²) in [5, 5.41) is 15.0. The van der Waals surface area contributed by atoms with Gasteiger partial charge in [-0.2, -0.15) is 18.3 Å². The van der Waals surface area contributed by atoms with Crippen LogP contribution in [0.3, 0.4) is 0 Å². The molecule has 8 nitrogen and oxygen atoms in total. The number of alkyl halides is 3. The van der Waals surface area contributed by atoms with Crippen LogP contribution in [0.5, 0.6) is 0 Å². The number of carboxylic acids is 1. The highest BCUT2D eigenvalue weighted by atomic mass is 19.4. The first kappa shape index (κ1) is 28.9. The Morgan fingerprint density at radius 2 is 1.66 bits per heavy atom. The Morgan fingerprint density at radius 3 is 2.21 bits per heavy atom. The molecule has 0 saturated carbocycles. The van der Waals surface area contributed by atoms with Crippen molar-refractivity contribution in [3.8, 4) is 16.9 Å². The van der Waals surface area contributed by atoms with Gasteiger partial charge in [-0.05, 0) is 23.6 Å². The summed E-state index contributed by atoms with van der Waals surface area (Å²) in [6.07, 6.45) is -3.26. The second-order valence-corrected chi connectivity index (χ2v) is 8.96. The maximum atomic E-state index is 13.1. The summed E-state index contributed by atoms with van der Waals surface area (Å²) in [4.78, 5) is 24.3. The van der Waals surface area contributed by atoms with Crippen LogP contribution in [0.15, 0.2) is 60.8 Å². The van der Waals surface area contributed by atoms with Gasteiger partial charge in [-0.15, -0.1) is 0 Å².